The highest BCUT2D eigenvalue weighted by Crippen LogP contribution is 2.35. The van der Waals surface area contributed by atoms with Gasteiger partial charge in [0, 0.05) is 12.6 Å². The van der Waals surface area contributed by atoms with Crippen molar-refractivity contribution >= 4 is 32.7 Å². The molecule has 2 aliphatic rings. The topological polar surface area (TPSA) is 45.2 Å². The first-order valence-electron chi connectivity index (χ1n) is 8.74. The number of likely N-dealkylation sites (tertiary alicyclic amines) is 1. The van der Waals surface area contributed by atoms with Crippen LogP contribution >= 0.6 is 11.3 Å². The summed E-state index contributed by atoms with van der Waals surface area (Å²) >= 11 is 1.55. The van der Waals surface area contributed by atoms with E-state index < -0.39 is 0 Å². The molecule has 1 aromatic heterocycles. The Labute approximate surface area is 140 Å². The lowest BCUT2D eigenvalue weighted by Gasteiger charge is -2.33. The fourth-order valence-electron chi connectivity index (χ4n) is 4.14. The van der Waals surface area contributed by atoms with E-state index in [1.165, 1.54) is 32.1 Å². The van der Waals surface area contributed by atoms with E-state index in [9.17, 15) is 4.79 Å². The predicted octanol–water partition coefficient (Wildman–Crippen LogP) is 4.87. The van der Waals surface area contributed by atoms with Gasteiger partial charge in [0.2, 0.25) is 0 Å². The van der Waals surface area contributed by atoms with Crippen LogP contribution in [0.2, 0.25) is 0 Å². The van der Waals surface area contributed by atoms with Crippen molar-refractivity contribution in [1.82, 2.24) is 9.88 Å². The Morgan fingerprint density at radius 2 is 1.96 bits per heavy atom. The zero-order valence-corrected chi connectivity index (χ0v) is 14.1. The van der Waals surface area contributed by atoms with Crippen LogP contribution in [0.5, 0.6) is 0 Å². The van der Waals surface area contributed by atoms with Gasteiger partial charge in [0.05, 0.1) is 10.2 Å². The highest BCUT2D eigenvalue weighted by Gasteiger charge is 2.35. The third-order valence-electron chi connectivity index (χ3n) is 5.26. The summed E-state index contributed by atoms with van der Waals surface area (Å²) in [5.74, 6) is 0.701. The van der Waals surface area contributed by atoms with E-state index in [4.69, 9.17) is 0 Å². The highest BCUT2D eigenvalue weighted by molar-refractivity contribution is 7.22. The quantitative estimate of drug-likeness (QED) is 0.854. The Kier molecular flexibility index (Phi) is 4.21. The zero-order chi connectivity index (χ0) is 15.6. The summed E-state index contributed by atoms with van der Waals surface area (Å²) in [7, 11) is 0. The van der Waals surface area contributed by atoms with Gasteiger partial charge < -0.3 is 4.90 Å². The summed E-state index contributed by atoms with van der Waals surface area (Å²) in [6.07, 6.45) is 8.89. The molecule has 1 aliphatic carbocycles. The molecule has 1 saturated heterocycles. The van der Waals surface area contributed by atoms with Crippen LogP contribution in [0.15, 0.2) is 24.3 Å². The van der Waals surface area contributed by atoms with E-state index in [1.54, 1.807) is 11.3 Å². The maximum Gasteiger partial charge on any atom is 0.323 e. The van der Waals surface area contributed by atoms with Gasteiger partial charge in [0.1, 0.15) is 0 Å². The third-order valence-corrected chi connectivity index (χ3v) is 6.21. The molecule has 4 nitrogen and oxygen atoms in total. The average Bonchev–Trinajstić information content (AvgIpc) is 3.22. The fourth-order valence-corrected chi connectivity index (χ4v) is 5.00. The minimum absolute atomic E-state index is 0.0390. The van der Waals surface area contributed by atoms with Crippen molar-refractivity contribution in [2.24, 2.45) is 5.92 Å². The Bertz CT molecular complexity index is 659. The van der Waals surface area contributed by atoms with Crippen molar-refractivity contribution in [2.45, 2.75) is 51.0 Å². The van der Waals surface area contributed by atoms with E-state index in [2.05, 4.69) is 15.2 Å². The van der Waals surface area contributed by atoms with Gasteiger partial charge in [0.15, 0.2) is 5.13 Å². The summed E-state index contributed by atoms with van der Waals surface area (Å²) in [6, 6.07) is 8.49. The Hall–Kier alpha value is -1.62. The van der Waals surface area contributed by atoms with Crippen LogP contribution < -0.4 is 5.32 Å². The number of para-hydroxylation sites is 1. The molecular weight excluding hydrogens is 306 g/mol. The van der Waals surface area contributed by atoms with Crippen molar-refractivity contribution in [3.05, 3.63) is 24.3 Å². The average molecular weight is 329 g/mol. The molecule has 2 fully saturated rings. The minimum Gasteiger partial charge on any atom is -0.321 e. The normalized spacial score (nSPS) is 22.6. The number of carbonyl (C=O) groups excluding carboxylic acids is 1. The van der Waals surface area contributed by atoms with Crippen molar-refractivity contribution in [1.29, 1.82) is 0 Å². The monoisotopic (exact) mass is 329 g/mol. The Morgan fingerprint density at radius 1 is 1.13 bits per heavy atom. The SMILES string of the molecule is O=C(Nc1nc2ccccc2s1)N1CCC[C@H]1C1CCCCC1. The minimum atomic E-state index is 0.0390. The summed E-state index contributed by atoms with van der Waals surface area (Å²) in [4.78, 5) is 19.3. The lowest BCUT2D eigenvalue weighted by atomic mass is 9.83. The largest absolute Gasteiger partial charge is 0.323 e. The zero-order valence-electron chi connectivity index (χ0n) is 13.3. The number of hydrogen-bond donors (Lipinski definition) is 1. The van der Waals surface area contributed by atoms with Gasteiger partial charge in [-0.1, -0.05) is 42.7 Å². The first-order valence-corrected chi connectivity index (χ1v) is 9.56. The van der Waals surface area contributed by atoms with Crippen LogP contribution in [0.3, 0.4) is 0 Å². The molecule has 122 valence electrons. The molecule has 2 amide bonds. The maximum absolute atomic E-state index is 12.7. The van der Waals surface area contributed by atoms with E-state index in [1.807, 2.05) is 24.3 Å². The van der Waals surface area contributed by atoms with Crippen LogP contribution in [0.4, 0.5) is 9.93 Å². The van der Waals surface area contributed by atoms with Crippen molar-refractivity contribution < 1.29 is 4.79 Å². The second-order valence-corrected chi connectivity index (χ2v) is 7.75. The first kappa shape index (κ1) is 14.9. The number of fused-ring (bicyclic) bond motifs is 1. The molecule has 4 rings (SSSR count). The number of anilines is 1. The molecule has 0 unspecified atom stereocenters. The van der Waals surface area contributed by atoms with Gasteiger partial charge in [-0.2, -0.15) is 0 Å². The van der Waals surface area contributed by atoms with Crippen LogP contribution in [0.25, 0.3) is 10.2 Å². The number of benzene rings is 1. The Morgan fingerprint density at radius 3 is 2.78 bits per heavy atom. The van der Waals surface area contributed by atoms with E-state index >= 15 is 0 Å². The molecule has 1 N–H and O–H groups in total. The second kappa shape index (κ2) is 6.48. The van der Waals surface area contributed by atoms with Gasteiger partial charge in [-0.15, -0.1) is 0 Å². The molecule has 2 heterocycles. The molecule has 0 radical (unpaired) electrons. The van der Waals surface area contributed by atoms with Crippen molar-refractivity contribution in [3.8, 4) is 0 Å². The maximum atomic E-state index is 12.7. The van der Waals surface area contributed by atoms with Crippen LogP contribution in [0, 0.1) is 5.92 Å². The number of nitrogens with one attached hydrogen (secondary N) is 1. The van der Waals surface area contributed by atoms with Gasteiger partial charge in [-0.05, 0) is 43.7 Å². The highest BCUT2D eigenvalue weighted by atomic mass is 32.1. The fraction of sp³-hybridized carbons (Fsp3) is 0.556. The number of rotatable bonds is 2. The van der Waals surface area contributed by atoms with Crippen molar-refractivity contribution in [2.75, 3.05) is 11.9 Å². The van der Waals surface area contributed by atoms with Crippen LogP contribution in [-0.2, 0) is 0 Å². The lowest BCUT2D eigenvalue weighted by Crippen LogP contribution is -2.43. The molecule has 1 aliphatic heterocycles. The number of aromatic nitrogens is 1. The smallest absolute Gasteiger partial charge is 0.321 e. The standard InChI is InChI=1S/C18H23N3OS/c22-18(20-17-19-14-9-4-5-11-16(14)23-17)21-12-6-10-15(21)13-7-2-1-3-8-13/h4-5,9,11,13,15H,1-3,6-8,10,12H2,(H,19,20,22)/t15-/m0/s1. The molecule has 5 heteroatoms. The van der Waals surface area contributed by atoms with Gasteiger partial charge in [0.25, 0.3) is 0 Å². The lowest BCUT2D eigenvalue weighted by molar-refractivity contribution is 0.166. The van der Waals surface area contributed by atoms with Gasteiger partial charge in [-0.3, -0.25) is 5.32 Å². The van der Waals surface area contributed by atoms with Gasteiger partial charge in [-0.25, -0.2) is 9.78 Å². The molecule has 0 spiro atoms. The summed E-state index contributed by atoms with van der Waals surface area (Å²) in [5, 5.41) is 3.75. The molecular formula is C18H23N3OS. The summed E-state index contributed by atoms with van der Waals surface area (Å²) in [5.41, 5.74) is 0.957. The predicted molar refractivity (Wildman–Crippen MR) is 94.9 cm³/mol. The van der Waals surface area contributed by atoms with Gasteiger partial charge >= 0.3 is 6.03 Å². The molecule has 1 saturated carbocycles. The molecule has 2 aromatic rings. The van der Waals surface area contributed by atoms with E-state index in [-0.39, 0.29) is 6.03 Å². The number of thiazole rings is 1. The molecule has 1 aromatic carbocycles. The molecule has 0 bridgehead atoms. The third kappa shape index (κ3) is 3.07. The number of hydrogen-bond acceptors (Lipinski definition) is 3. The van der Waals surface area contributed by atoms with Crippen LogP contribution in [0.1, 0.15) is 44.9 Å². The molecule has 23 heavy (non-hydrogen) atoms. The summed E-state index contributed by atoms with van der Waals surface area (Å²) < 4.78 is 1.12. The second-order valence-electron chi connectivity index (χ2n) is 6.72. The summed E-state index contributed by atoms with van der Waals surface area (Å²) in [6.45, 7) is 0.887. The number of nitrogens with zero attached hydrogens (tertiary/aromatic N) is 2. The number of urea groups is 1. The molecule has 1 atom stereocenters. The Balaban J connectivity index is 1.46. The first-order chi connectivity index (χ1) is 11.3. The van der Waals surface area contributed by atoms with Crippen LogP contribution in [-0.4, -0.2) is 28.5 Å². The number of carbonyl (C=O) groups is 1. The number of amides is 2. The van der Waals surface area contributed by atoms with E-state index in [0.717, 1.165) is 29.6 Å². The van der Waals surface area contributed by atoms with Crippen molar-refractivity contribution in [3.63, 3.8) is 0 Å². The van der Waals surface area contributed by atoms with E-state index in [0.29, 0.717) is 17.1 Å².